The molecule has 5 heteroatoms. The molecule has 1 N–H and O–H groups in total. The zero-order valence-corrected chi connectivity index (χ0v) is 10.8. The zero-order chi connectivity index (χ0) is 14.5. The lowest BCUT2D eigenvalue weighted by Gasteiger charge is -2.08. The summed E-state index contributed by atoms with van der Waals surface area (Å²) < 4.78 is 24.0. The first-order chi connectivity index (χ1) is 9.54. The van der Waals surface area contributed by atoms with Gasteiger partial charge in [-0.15, -0.1) is 0 Å². The molecule has 20 heavy (non-hydrogen) atoms. The van der Waals surface area contributed by atoms with Gasteiger partial charge in [0, 0.05) is 0 Å². The van der Waals surface area contributed by atoms with Gasteiger partial charge in [0.05, 0.1) is 0 Å². The Labute approximate surface area is 115 Å². The minimum absolute atomic E-state index is 0.134. The maximum absolute atomic E-state index is 13.6. The van der Waals surface area contributed by atoms with E-state index in [1.807, 2.05) is 0 Å². The average molecular weight is 276 g/mol. The van der Waals surface area contributed by atoms with Gasteiger partial charge in [0.2, 0.25) is 0 Å². The second-order valence-corrected chi connectivity index (χ2v) is 4.19. The molecular formula is C15H13FO4. The van der Waals surface area contributed by atoms with E-state index in [9.17, 15) is 9.18 Å². The summed E-state index contributed by atoms with van der Waals surface area (Å²) in [4.78, 5) is 10.4. The Morgan fingerprint density at radius 2 is 1.80 bits per heavy atom. The Balaban J connectivity index is 2.05. The molecule has 2 aromatic carbocycles. The Morgan fingerprint density at radius 1 is 1.15 bits per heavy atom. The summed E-state index contributed by atoms with van der Waals surface area (Å²) in [6.07, 6.45) is 0. The summed E-state index contributed by atoms with van der Waals surface area (Å²) in [5.74, 6) is -0.502. The van der Waals surface area contributed by atoms with Crippen LogP contribution in [0.1, 0.15) is 5.56 Å². The highest BCUT2D eigenvalue weighted by Gasteiger charge is 2.05. The van der Waals surface area contributed by atoms with Crippen molar-refractivity contribution in [2.24, 2.45) is 0 Å². The third-order valence-electron chi connectivity index (χ3n) is 2.50. The molecule has 0 atom stereocenters. The SMILES string of the molecule is Cc1ccc(Oc2ccc(OCC(=O)O)cc2)c(F)c1. The summed E-state index contributed by atoms with van der Waals surface area (Å²) in [5, 5.41) is 8.49. The van der Waals surface area contributed by atoms with Crippen molar-refractivity contribution in [3.8, 4) is 17.2 Å². The quantitative estimate of drug-likeness (QED) is 0.909. The molecule has 104 valence electrons. The molecule has 4 nitrogen and oxygen atoms in total. The van der Waals surface area contributed by atoms with Gasteiger partial charge in [-0.3, -0.25) is 0 Å². The molecular weight excluding hydrogens is 263 g/mol. The van der Waals surface area contributed by atoms with Gasteiger partial charge in [-0.25, -0.2) is 9.18 Å². The second-order valence-electron chi connectivity index (χ2n) is 4.19. The highest BCUT2D eigenvalue weighted by atomic mass is 19.1. The van der Waals surface area contributed by atoms with E-state index in [4.69, 9.17) is 14.6 Å². The predicted octanol–water partition coefficient (Wildman–Crippen LogP) is 3.39. The first kappa shape index (κ1) is 13.9. The van der Waals surface area contributed by atoms with Gasteiger partial charge in [0.1, 0.15) is 11.5 Å². The van der Waals surface area contributed by atoms with Crippen LogP contribution in [-0.2, 0) is 4.79 Å². The van der Waals surface area contributed by atoms with E-state index >= 15 is 0 Å². The van der Waals surface area contributed by atoms with Crippen molar-refractivity contribution in [1.29, 1.82) is 0 Å². The number of aliphatic carboxylic acids is 1. The summed E-state index contributed by atoms with van der Waals surface area (Å²) in [6.45, 7) is 1.38. The van der Waals surface area contributed by atoms with Crippen LogP contribution >= 0.6 is 0 Å². The Kier molecular flexibility index (Phi) is 4.20. The smallest absolute Gasteiger partial charge is 0.341 e. The van der Waals surface area contributed by atoms with Crippen LogP contribution in [0.2, 0.25) is 0 Å². The van der Waals surface area contributed by atoms with E-state index in [1.54, 1.807) is 43.3 Å². The molecule has 0 radical (unpaired) electrons. The van der Waals surface area contributed by atoms with Gasteiger partial charge in [-0.1, -0.05) is 6.07 Å². The van der Waals surface area contributed by atoms with Crippen molar-refractivity contribution in [2.75, 3.05) is 6.61 Å². The summed E-state index contributed by atoms with van der Waals surface area (Å²) in [6, 6.07) is 11.0. The van der Waals surface area contributed by atoms with Gasteiger partial charge in [-0.05, 0) is 48.9 Å². The highest BCUT2D eigenvalue weighted by Crippen LogP contribution is 2.26. The van der Waals surface area contributed by atoms with Crippen molar-refractivity contribution in [3.63, 3.8) is 0 Å². The number of ether oxygens (including phenoxy) is 2. The third kappa shape index (κ3) is 3.71. The van der Waals surface area contributed by atoms with Gasteiger partial charge in [0.25, 0.3) is 0 Å². The topological polar surface area (TPSA) is 55.8 Å². The number of carboxylic acids is 1. The molecule has 0 aliphatic carbocycles. The second kappa shape index (κ2) is 6.06. The summed E-state index contributed by atoms with van der Waals surface area (Å²) in [7, 11) is 0. The molecule has 0 aliphatic rings. The van der Waals surface area contributed by atoms with Crippen LogP contribution < -0.4 is 9.47 Å². The number of hydrogen-bond donors (Lipinski definition) is 1. The number of carbonyl (C=O) groups is 1. The molecule has 0 unspecified atom stereocenters. The van der Waals surface area contributed by atoms with Gasteiger partial charge >= 0.3 is 5.97 Å². The van der Waals surface area contributed by atoms with E-state index in [0.29, 0.717) is 11.5 Å². The standard InChI is InChI=1S/C15H13FO4/c1-10-2-7-14(13(16)8-10)20-12-5-3-11(4-6-12)19-9-15(17)18/h2-8H,9H2,1H3,(H,17,18). The van der Waals surface area contributed by atoms with Crippen LogP contribution in [0.3, 0.4) is 0 Å². The van der Waals surface area contributed by atoms with Gasteiger partial charge in [-0.2, -0.15) is 0 Å². The number of rotatable bonds is 5. The molecule has 0 aliphatic heterocycles. The van der Waals surface area contributed by atoms with Gasteiger partial charge in [0.15, 0.2) is 18.2 Å². The molecule has 0 amide bonds. The fraction of sp³-hybridized carbons (Fsp3) is 0.133. The zero-order valence-electron chi connectivity index (χ0n) is 10.8. The van der Waals surface area contributed by atoms with Crippen molar-refractivity contribution < 1.29 is 23.8 Å². The van der Waals surface area contributed by atoms with Crippen LogP contribution in [0.15, 0.2) is 42.5 Å². The molecule has 2 aromatic rings. The van der Waals surface area contributed by atoms with E-state index in [-0.39, 0.29) is 5.75 Å². The van der Waals surface area contributed by atoms with E-state index in [2.05, 4.69) is 0 Å². The van der Waals surface area contributed by atoms with Crippen molar-refractivity contribution in [1.82, 2.24) is 0 Å². The molecule has 0 saturated heterocycles. The largest absolute Gasteiger partial charge is 0.482 e. The molecule has 0 fully saturated rings. The number of aryl methyl sites for hydroxylation is 1. The molecule has 0 bridgehead atoms. The average Bonchev–Trinajstić information content (AvgIpc) is 2.41. The van der Waals surface area contributed by atoms with Crippen molar-refractivity contribution in [2.45, 2.75) is 6.92 Å². The van der Waals surface area contributed by atoms with Crippen molar-refractivity contribution in [3.05, 3.63) is 53.8 Å². The fourth-order valence-corrected chi connectivity index (χ4v) is 1.56. The number of hydrogen-bond acceptors (Lipinski definition) is 3. The highest BCUT2D eigenvalue weighted by molar-refractivity contribution is 5.68. The fourth-order valence-electron chi connectivity index (χ4n) is 1.56. The molecule has 0 aromatic heterocycles. The summed E-state index contributed by atoms with van der Waals surface area (Å²) >= 11 is 0. The predicted molar refractivity (Wildman–Crippen MR) is 70.8 cm³/mol. The monoisotopic (exact) mass is 276 g/mol. The van der Waals surface area contributed by atoms with E-state index < -0.39 is 18.4 Å². The molecule has 0 spiro atoms. The third-order valence-corrected chi connectivity index (χ3v) is 2.50. The Morgan fingerprint density at radius 3 is 2.40 bits per heavy atom. The molecule has 0 saturated carbocycles. The van der Waals surface area contributed by atoms with Crippen LogP contribution in [0.25, 0.3) is 0 Å². The van der Waals surface area contributed by atoms with Crippen LogP contribution in [-0.4, -0.2) is 17.7 Å². The Bertz CT molecular complexity index is 608. The number of benzene rings is 2. The van der Waals surface area contributed by atoms with Crippen LogP contribution in [0.5, 0.6) is 17.2 Å². The molecule has 0 heterocycles. The lowest BCUT2D eigenvalue weighted by molar-refractivity contribution is -0.139. The van der Waals surface area contributed by atoms with Crippen molar-refractivity contribution >= 4 is 5.97 Å². The minimum Gasteiger partial charge on any atom is -0.482 e. The first-order valence-corrected chi connectivity index (χ1v) is 5.93. The normalized spacial score (nSPS) is 10.1. The number of halogens is 1. The van der Waals surface area contributed by atoms with E-state index in [1.165, 1.54) is 6.07 Å². The maximum atomic E-state index is 13.6. The maximum Gasteiger partial charge on any atom is 0.341 e. The van der Waals surface area contributed by atoms with Crippen LogP contribution in [0.4, 0.5) is 4.39 Å². The Hall–Kier alpha value is -2.56. The van der Waals surface area contributed by atoms with Gasteiger partial charge < -0.3 is 14.6 Å². The van der Waals surface area contributed by atoms with E-state index in [0.717, 1.165) is 5.56 Å². The lowest BCUT2D eigenvalue weighted by Crippen LogP contribution is -2.09. The lowest BCUT2D eigenvalue weighted by atomic mass is 10.2. The summed E-state index contributed by atoms with van der Waals surface area (Å²) in [5.41, 5.74) is 0.812. The first-order valence-electron chi connectivity index (χ1n) is 5.93. The number of carboxylic acid groups (broad SMARTS) is 1. The minimum atomic E-state index is -1.05. The molecule has 2 rings (SSSR count). The van der Waals surface area contributed by atoms with Crippen LogP contribution in [0, 0.1) is 12.7 Å².